The topological polar surface area (TPSA) is 98.8 Å². The van der Waals surface area contributed by atoms with Crippen molar-refractivity contribution in [3.05, 3.63) is 60.2 Å². The molecule has 2 aromatic rings. The Labute approximate surface area is 192 Å². The largest absolute Gasteiger partial charge is 0.344 e. The Morgan fingerprint density at radius 1 is 0.970 bits per heavy atom. The summed E-state index contributed by atoms with van der Waals surface area (Å²) < 4.78 is 0. The van der Waals surface area contributed by atoms with Gasteiger partial charge in [0.15, 0.2) is 0 Å². The molecule has 2 N–H and O–H groups in total. The summed E-state index contributed by atoms with van der Waals surface area (Å²) in [6.07, 6.45) is 0.848. The first-order valence-corrected chi connectivity index (χ1v) is 11.2. The van der Waals surface area contributed by atoms with E-state index in [9.17, 15) is 19.2 Å². The van der Waals surface area contributed by atoms with E-state index in [0.717, 1.165) is 16.7 Å². The average Bonchev–Trinajstić information content (AvgIpc) is 3.08. The van der Waals surface area contributed by atoms with Crippen LogP contribution in [0.3, 0.4) is 0 Å². The molecule has 0 bridgehead atoms. The van der Waals surface area contributed by atoms with Gasteiger partial charge in [0.1, 0.15) is 6.04 Å². The predicted molar refractivity (Wildman–Crippen MR) is 123 cm³/mol. The van der Waals surface area contributed by atoms with Crippen LogP contribution in [0.15, 0.2) is 54.6 Å². The van der Waals surface area contributed by atoms with Gasteiger partial charge in [0.2, 0.25) is 17.7 Å². The zero-order valence-electron chi connectivity index (χ0n) is 18.6. The number of carbonyl (C=O) groups is 4. The lowest BCUT2D eigenvalue weighted by Gasteiger charge is -2.27. The molecule has 0 radical (unpaired) electrons. The van der Waals surface area contributed by atoms with Crippen molar-refractivity contribution in [2.24, 2.45) is 5.92 Å². The summed E-state index contributed by atoms with van der Waals surface area (Å²) in [6.45, 7) is 1.08. The smallest absolute Gasteiger partial charge is 0.322 e. The Hall–Kier alpha value is -3.68. The zero-order valence-corrected chi connectivity index (χ0v) is 18.6. The molecule has 172 valence electrons. The first-order valence-electron chi connectivity index (χ1n) is 11.2. The Morgan fingerprint density at radius 2 is 1.67 bits per heavy atom. The van der Waals surface area contributed by atoms with E-state index in [1.165, 1.54) is 0 Å². The van der Waals surface area contributed by atoms with Crippen molar-refractivity contribution < 1.29 is 19.2 Å². The third-order valence-electron chi connectivity index (χ3n) is 6.24. The summed E-state index contributed by atoms with van der Waals surface area (Å²) in [5, 5.41) is 4.77. The van der Waals surface area contributed by atoms with Gasteiger partial charge < -0.3 is 15.1 Å². The first kappa shape index (κ1) is 22.5. The number of nitrogens with zero attached hydrogens (tertiary/aromatic N) is 2. The van der Waals surface area contributed by atoms with E-state index in [1.807, 2.05) is 42.5 Å². The maximum Gasteiger partial charge on any atom is 0.322 e. The van der Waals surface area contributed by atoms with Gasteiger partial charge in [0.05, 0.1) is 5.92 Å². The molecule has 2 heterocycles. The van der Waals surface area contributed by atoms with E-state index < -0.39 is 18.0 Å². The molecule has 4 rings (SSSR count). The third-order valence-corrected chi connectivity index (χ3v) is 6.24. The molecule has 0 aliphatic carbocycles. The molecule has 0 aromatic heterocycles. The maximum absolute atomic E-state index is 13.2. The standard InChI is InChI=1S/C25H28N4O4/c1-28-13-14-29(24(32)21-11-12-22(30)27-25(33)26-21)16-20(23(28)31)15-17-7-9-19(10-8-17)18-5-3-2-4-6-18/h2-10,20-21H,11-16H2,1H3,(H2,26,27,30,33). The van der Waals surface area contributed by atoms with E-state index in [4.69, 9.17) is 0 Å². The van der Waals surface area contributed by atoms with E-state index in [0.29, 0.717) is 19.5 Å². The quantitative estimate of drug-likeness (QED) is 0.745. The number of rotatable bonds is 4. The van der Waals surface area contributed by atoms with Crippen LogP contribution in [-0.2, 0) is 20.8 Å². The third kappa shape index (κ3) is 5.39. The predicted octanol–water partition coefficient (Wildman–Crippen LogP) is 1.80. The van der Waals surface area contributed by atoms with Gasteiger partial charge in [-0.05, 0) is 29.5 Å². The van der Waals surface area contributed by atoms with Crippen molar-refractivity contribution in [3.8, 4) is 11.1 Å². The molecule has 0 spiro atoms. The summed E-state index contributed by atoms with van der Waals surface area (Å²) in [5.74, 6) is -1.04. The van der Waals surface area contributed by atoms with E-state index in [-0.39, 0.29) is 37.1 Å². The highest BCUT2D eigenvalue weighted by molar-refractivity contribution is 5.98. The monoisotopic (exact) mass is 448 g/mol. The highest BCUT2D eigenvalue weighted by Crippen LogP contribution is 2.22. The Bertz CT molecular complexity index is 1040. The molecule has 2 aliphatic rings. The number of hydrogen-bond acceptors (Lipinski definition) is 4. The van der Waals surface area contributed by atoms with Gasteiger partial charge in [0, 0.05) is 33.1 Å². The first-order chi connectivity index (χ1) is 15.9. The van der Waals surface area contributed by atoms with Crippen molar-refractivity contribution in [2.45, 2.75) is 25.3 Å². The van der Waals surface area contributed by atoms with Gasteiger partial charge in [-0.1, -0.05) is 54.6 Å². The maximum atomic E-state index is 13.2. The average molecular weight is 449 g/mol. The van der Waals surface area contributed by atoms with Gasteiger partial charge in [-0.2, -0.15) is 0 Å². The summed E-state index contributed by atoms with van der Waals surface area (Å²) in [6, 6.07) is 16.8. The van der Waals surface area contributed by atoms with Crippen molar-refractivity contribution >= 4 is 23.8 Å². The van der Waals surface area contributed by atoms with Crippen molar-refractivity contribution in [2.75, 3.05) is 26.7 Å². The Morgan fingerprint density at radius 3 is 2.39 bits per heavy atom. The summed E-state index contributed by atoms with van der Waals surface area (Å²) >= 11 is 0. The van der Waals surface area contributed by atoms with Crippen LogP contribution >= 0.6 is 0 Å². The normalized spacial score (nSPS) is 21.7. The minimum Gasteiger partial charge on any atom is -0.344 e. The van der Waals surface area contributed by atoms with Crippen LogP contribution in [0.1, 0.15) is 18.4 Å². The molecule has 2 saturated heterocycles. The number of carbonyl (C=O) groups excluding carboxylic acids is 4. The molecule has 0 saturated carbocycles. The van der Waals surface area contributed by atoms with Gasteiger partial charge in [-0.25, -0.2) is 4.79 Å². The molecule has 2 fully saturated rings. The molecular weight excluding hydrogens is 420 g/mol. The van der Waals surface area contributed by atoms with Gasteiger partial charge in [0.25, 0.3) is 0 Å². The minimum atomic E-state index is -0.777. The molecule has 2 aromatic carbocycles. The molecule has 33 heavy (non-hydrogen) atoms. The van der Waals surface area contributed by atoms with Crippen LogP contribution in [0.5, 0.6) is 0 Å². The van der Waals surface area contributed by atoms with Gasteiger partial charge in [-0.15, -0.1) is 0 Å². The van der Waals surface area contributed by atoms with Crippen LogP contribution in [0.4, 0.5) is 4.79 Å². The molecule has 2 aliphatic heterocycles. The van der Waals surface area contributed by atoms with Crippen molar-refractivity contribution in [1.82, 2.24) is 20.4 Å². The molecule has 2 atom stereocenters. The Kier molecular flexibility index (Phi) is 6.72. The number of nitrogens with one attached hydrogen (secondary N) is 2. The summed E-state index contributed by atoms with van der Waals surface area (Å²) in [4.78, 5) is 52.9. The number of imide groups is 1. The van der Waals surface area contributed by atoms with Crippen molar-refractivity contribution in [3.63, 3.8) is 0 Å². The van der Waals surface area contributed by atoms with Crippen LogP contribution in [0.2, 0.25) is 0 Å². The highest BCUT2D eigenvalue weighted by Gasteiger charge is 2.35. The van der Waals surface area contributed by atoms with Crippen LogP contribution in [0, 0.1) is 5.92 Å². The second kappa shape index (κ2) is 9.85. The summed E-state index contributed by atoms with van der Waals surface area (Å²) in [5.41, 5.74) is 3.26. The fourth-order valence-corrected chi connectivity index (χ4v) is 4.37. The lowest BCUT2D eigenvalue weighted by atomic mass is 9.95. The SMILES string of the molecule is CN1CCN(C(=O)C2CCC(=O)NC(=O)N2)CC(Cc2ccc(-c3ccccc3)cc2)C1=O. The molecule has 8 heteroatoms. The fraction of sp³-hybridized carbons (Fsp3) is 0.360. The van der Waals surface area contributed by atoms with Crippen LogP contribution in [-0.4, -0.2) is 66.3 Å². The molecule has 5 amide bonds. The number of hydrogen-bond donors (Lipinski definition) is 2. The van der Waals surface area contributed by atoms with Crippen molar-refractivity contribution in [1.29, 1.82) is 0 Å². The second-order valence-electron chi connectivity index (χ2n) is 8.62. The summed E-state index contributed by atoms with van der Waals surface area (Å²) in [7, 11) is 1.75. The number of urea groups is 1. The lowest BCUT2D eigenvalue weighted by Crippen LogP contribution is -2.51. The fourth-order valence-electron chi connectivity index (χ4n) is 4.37. The second-order valence-corrected chi connectivity index (χ2v) is 8.62. The zero-order chi connectivity index (χ0) is 23.4. The van der Waals surface area contributed by atoms with E-state index in [1.54, 1.807) is 16.8 Å². The van der Waals surface area contributed by atoms with Gasteiger partial charge >= 0.3 is 6.03 Å². The van der Waals surface area contributed by atoms with E-state index >= 15 is 0 Å². The Balaban J connectivity index is 1.47. The number of amides is 5. The highest BCUT2D eigenvalue weighted by atomic mass is 16.2. The van der Waals surface area contributed by atoms with Crippen LogP contribution < -0.4 is 10.6 Å². The molecule has 2 unspecified atom stereocenters. The van der Waals surface area contributed by atoms with E-state index in [2.05, 4.69) is 22.8 Å². The molecule has 8 nitrogen and oxygen atoms in total. The number of likely N-dealkylation sites (N-methyl/N-ethyl adjacent to an activating group) is 1. The number of benzene rings is 2. The van der Waals surface area contributed by atoms with Crippen LogP contribution in [0.25, 0.3) is 11.1 Å². The van der Waals surface area contributed by atoms with Gasteiger partial charge in [-0.3, -0.25) is 19.7 Å². The lowest BCUT2D eigenvalue weighted by molar-refractivity contribution is -0.135. The minimum absolute atomic E-state index is 0.000757. The molecular formula is C25H28N4O4.